The maximum Gasteiger partial charge on any atom is 0.0964 e. The maximum atomic E-state index is 11.1. The lowest BCUT2D eigenvalue weighted by molar-refractivity contribution is -0.310. The van der Waals surface area contributed by atoms with Gasteiger partial charge < -0.3 is 14.5 Å². The minimum absolute atomic E-state index is 0.487. The van der Waals surface area contributed by atoms with Gasteiger partial charge in [0.1, 0.15) is 0 Å². The molecular weight excluding hydrogens is 216 g/mol. The number of rotatable bonds is 3. The van der Waals surface area contributed by atoms with Gasteiger partial charge in [-0.2, -0.15) is 0 Å². The van der Waals surface area contributed by atoms with E-state index in [0.29, 0.717) is 6.42 Å². The van der Waals surface area contributed by atoms with Crippen molar-refractivity contribution in [2.75, 3.05) is 0 Å². The first-order valence-corrected chi connectivity index (χ1v) is 5.69. The number of aryl methyl sites for hydroxylation is 2. The number of aromatic nitrogens is 2. The van der Waals surface area contributed by atoms with E-state index in [1.54, 1.807) is 10.9 Å². The molecule has 0 bridgehead atoms. The van der Waals surface area contributed by atoms with Gasteiger partial charge in [0.25, 0.3) is 0 Å². The lowest BCUT2D eigenvalue weighted by Gasteiger charge is -2.18. The van der Waals surface area contributed by atoms with Crippen molar-refractivity contribution in [3.8, 4) is 0 Å². The van der Waals surface area contributed by atoms with Gasteiger partial charge in [-0.3, -0.25) is 0 Å². The molecule has 0 aliphatic rings. The second-order valence-corrected chi connectivity index (χ2v) is 4.32. The van der Waals surface area contributed by atoms with Crippen LogP contribution in [0.5, 0.6) is 0 Å². The Balaban J connectivity index is 2.63. The zero-order chi connectivity index (χ0) is 12.6. The molecule has 17 heavy (non-hydrogen) atoms. The molecule has 0 saturated carbocycles. The Labute approximate surface area is 99.9 Å². The minimum atomic E-state index is -1.06. The van der Waals surface area contributed by atoms with E-state index in [9.17, 15) is 9.90 Å². The first kappa shape index (κ1) is 11.6. The lowest BCUT2D eigenvalue weighted by Crippen LogP contribution is -2.32. The van der Waals surface area contributed by atoms with E-state index in [1.165, 1.54) is 0 Å². The molecule has 0 saturated heterocycles. The Bertz CT molecular complexity index is 572. The number of fused-ring (bicyclic) bond motifs is 1. The van der Waals surface area contributed by atoms with Crippen LogP contribution in [0.1, 0.15) is 30.5 Å². The van der Waals surface area contributed by atoms with Gasteiger partial charge in [-0.05, 0) is 43.5 Å². The van der Waals surface area contributed by atoms with Crippen LogP contribution in [0.3, 0.4) is 0 Å². The highest BCUT2D eigenvalue weighted by Gasteiger charge is 2.13. The van der Waals surface area contributed by atoms with Crippen molar-refractivity contribution >= 4 is 17.0 Å². The number of hydrogen-bond donors (Lipinski definition) is 0. The Hall–Kier alpha value is -1.84. The van der Waals surface area contributed by atoms with Crippen molar-refractivity contribution < 1.29 is 9.90 Å². The number of benzene rings is 1. The lowest BCUT2D eigenvalue weighted by atomic mass is 10.1. The second-order valence-electron chi connectivity index (χ2n) is 4.32. The number of carboxylic acids is 1. The number of carbonyl (C=O) groups excluding carboxylic acids is 1. The van der Waals surface area contributed by atoms with Crippen molar-refractivity contribution in [1.29, 1.82) is 0 Å². The van der Waals surface area contributed by atoms with Crippen LogP contribution >= 0.6 is 0 Å². The summed E-state index contributed by atoms with van der Waals surface area (Å²) in [5.74, 6) is -1.06. The van der Waals surface area contributed by atoms with E-state index in [1.807, 2.05) is 32.9 Å². The summed E-state index contributed by atoms with van der Waals surface area (Å²) in [7, 11) is 0. The van der Waals surface area contributed by atoms with E-state index < -0.39 is 12.0 Å². The Morgan fingerprint density at radius 3 is 2.65 bits per heavy atom. The van der Waals surface area contributed by atoms with E-state index in [2.05, 4.69) is 4.98 Å². The molecule has 90 valence electrons. The van der Waals surface area contributed by atoms with Crippen LogP contribution in [0.15, 0.2) is 18.5 Å². The fourth-order valence-corrected chi connectivity index (χ4v) is 2.01. The van der Waals surface area contributed by atoms with Gasteiger partial charge >= 0.3 is 0 Å². The number of carboxylic acid groups (broad SMARTS) is 1. The van der Waals surface area contributed by atoms with E-state index in [4.69, 9.17) is 0 Å². The summed E-state index contributed by atoms with van der Waals surface area (Å²) in [4.78, 5) is 15.3. The molecule has 0 aliphatic carbocycles. The predicted octanol–water partition coefficient (Wildman–Crippen LogP) is 1.35. The first-order valence-electron chi connectivity index (χ1n) is 5.69. The van der Waals surface area contributed by atoms with E-state index >= 15 is 0 Å². The van der Waals surface area contributed by atoms with Crippen LogP contribution in [-0.2, 0) is 4.79 Å². The molecule has 0 radical (unpaired) electrons. The van der Waals surface area contributed by atoms with Crippen molar-refractivity contribution in [3.05, 3.63) is 29.6 Å². The average molecular weight is 231 g/mol. The number of nitrogens with zero attached hydrogens (tertiary/aromatic N) is 2. The maximum absolute atomic E-state index is 11.1. The smallest absolute Gasteiger partial charge is 0.0964 e. The van der Waals surface area contributed by atoms with Gasteiger partial charge in [-0.1, -0.05) is 6.92 Å². The molecule has 2 aromatic rings. The largest absolute Gasteiger partial charge is 0.548 e. The minimum Gasteiger partial charge on any atom is -0.548 e. The molecule has 1 unspecified atom stereocenters. The first-order chi connectivity index (χ1) is 8.04. The molecule has 0 amide bonds. The zero-order valence-electron chi connectivity index (χ0n) is 10.2. The molecule has 1 heterocycles. The highest BCUT2D eigenvalue weighted by atomic mass is 16.4. The fraction of sp³-hybridized carbons (Fsp3) is 0.385. The Morgan fingerprint density at radius 2 is 2.06 bits per heavy atom. The van der Waals surface area contributed by atoms with Gasteiger partial charge in [0, 0.05) is 0 Å². The number of aliphatic carboxylic acids is 1. The molecular formula is C13H15N2O2-. The summed E-state index contributed by atoms with van der Waals surface area (Å²) in [5.41, 5.74) is 3.97. The van der Waals surface area contributed by atoms with Gasteiger partial charge in [0.15, 0.2) is 0 Å². The monoisotopic (exact) mass is 231 g/mol. The standard InChI is InChI=1S/C13H16N2O2/c1-4-11(13(16)17)15-7-14-10-5-8(2)9(3)6-12(10)15/h5-7,11H,4H2,1-3H3,(H,16,17)/p-1. The predicted molar refractivity (Wildman–Crippen MR) is 63.5 cm³/mol. The van der Waals surface area contributed by atoms with Gasteiger partial charge in [0.05, 0.1) is 29.4 Å². The molecule has 0 fully saturated rings. The van der Waals surface area contributed by atoms with Crippen LogP contribution in [0.2, 0.25) is 0 Å². The summed E-state index contributed by atoms with van der Waals surface area (Å²) in [6, 6.07) is 3.30. The van der Waals surface area contributed by atoms with E-state index in [0.717, 1.165) is 22.2 Å². The number of carbonyl (C=O) groups is 1. The highest BCUT2D eigenvalue weighted by Crippen LogP contribution is 2.22. The summed E-state index contributed by atoms with van der Waals surface area (Å²) in [5, 5.41) is 11.1. The molecule has 0 aliphatic heterocycles. The van der Waals surface area contributed by atoms with E-state index in [-0.39, 0.29) is 0 Å². The zero-order valence-corrected chi connectivity index (χ0v) is 10.2. The summed E-state index contributed by atoms with van der Waals surface area (Å²) < 4.78 is 1.68. The molecule has 2 rings (SSSR count). The fourth-order valence-electron chi connectivity index (χ4n) is 2.01. The Morgan fingerprint density at radius 1 is 1.41 bits per heavy atom. The van der Waals surface area contributed by atoms with Crippen molar-refractivity contribution in [1.82, 2.24) is 9.55 Å². The van der Waals surface area contributed by atoms with Crippen LogP contribution < -0.4 is 5.11 Å². The topological polar surface area (TPSA) is 57.9 Å². The van der Waals surface area contributed by atoms with Crippen LogP contribution in [0, 0.1) is 13.8 Å². The molecule has 0 spiro atoms. The molecule has 1 aromatic carbocycles. The second kappa shape index (κ2) is 4.20. The van der Waals surface area contributed by atoms with Crippen LogP contribution in [0.4, 0.5) is 0 Å². The van der Waals surface area contributed by atoms with Gasteiger partial charge in [-0.25, -0.2) is 4.98 Å². The third-order valence-corrected chi connectivity index (χ3v) is 3.18. The third-order valence-electron chi connectivity index (χ3n) is 3.18. The molecule has 4 heteroatoms. The quantitative estimate of drug-likeness (QED) is 0.801. The summed E-state index contributed by atoms with van der Waals surface area (Å²) >= 11 is 0. The number of imidazole rings is 1. The summed E-state index contributed by atoms with van der Waals surface area (Å²) in [6.07, 6.45) is 2.06. The van der Waals surface area contributed by atoms with Crippen LogP contribution in [-0.4, -0.2) is 15.5 Å². The van der Waals surface area contributed by atoms with Crippen molar-refractivity contribution in [2.45, 2.75) is 33.2 Å². The highest BCUT2D eigenvalue weighted by molar-refractivity contribution is 5.80. The molecule has 0 N–H and O–H groups in total. The molecule has 1 aromatic heterocycles. The Kier molecular flexibility index (Phi) is 2.88. The molecule has 4 nitrogen and oxygen atoms in total. The van der Waals surface area contributed by atoms with Crippen LogP contribution in [0.25, 0.3) is 11.0 Å². The van der Waals surface area contributed by atoms with Crippen molar-refractivity contribution in [3.63, 3.8) is 0 Å². The average Bonchev–Trinajstić information content (AvgIpc) is 2.63. The van der Waals surface area contributed by atoms with Crippen molar-refractivity contribution in [2.24, 2.45) is 0 Å². The number of hydrogen-bond acceptors (Lipinski definition) is 3. The summed E-state index contributed by atoms with van der Waals surface area (Å²) in [6.45, 7) is 5.85. The molecule has 1 atom stereocenters. The van der Waals surface area contributed by atoms with Gasteiger partial charge in [0.2, 0.25) is 0 Å². The van der Waals surface area contributed by atoms with Gasteiger partial charge in [-0.15, -0.1) is 0 Å². The normalized spacial score (nSPS) is 12.9. The third kappa shape index (κ3) is 1.90. The SMILES string of the molecule is CCC(C(=O)[O-])n1cnc2cc(C)c(C)cc21.